The van der Waals surface area contributed by atoms with Crippen LogP contribution in [0.5, 0.6) is 0 Å². The van der Waals surface area contributed by atoms with Crippen LogP contribution in [0.25, 0.3) is 0 Å². The molecule has 1 aromatic rings. The third kappa shape index (κ3) is 5.27. The zero-order valence-corrected chi connectivity index (χ0v) is 14.5. The molecule has 5 nitrogen and oxygen atoms in total. The predicted molar refractivity (Wildman–Crippen MR) is 91.0 cm³/mol. The molecule has 2 aliphatic heterocycles. The highest BCUT2D eigenvalue weighted by atomic mass is 35.5. The lowest BCUT2D eigenvalue weighted by molar-refractivity contribution is 0.0994. The van der Waals surface area contributed by atoms with Gasteiger partial charge in [0.25, 0.3) is 0 Å². The molecule has 2 aliphatic rings. The van der Waals surface area contributed by atoms with Crippen molar-refractivity contribution >= 4 is 36.4 Å². The number of hydrogen-bond acceptors (Lipinski definition) is 4. The van der Waals surface area contributed by atoms with Gasteiger partial charge in [-0.2, -0.15) is 5.10 Å². The number of nitrogens with zero attached hydrogens (tertiary/aromatic N) is 4. The van der Waals surface area contributed by atoms with Crippen LogP contribution < -0.4 is 5.32 Å². The number of halogens is 3. The van der Waals surface area contributed by atoms with E-state index in [9.17, 15) is 0 Å². The summed E-state index contributed by atoms with van der Waals surface area (Å²) in [4.78, 5) is 5.16. The van der Waals surface area contributed by atoms with Gasteiger partial charge in [0.15, 0.2) is 0 Å². The Balaban J connectivity index is 0.00000110. The molecule has 122 valence electrons. The minimum atomic E-state index is 0. The minimum absolute atomic E-state index is 0. The van der Waals surface area contributed by atoms with Crippen LogP contribution in [0, 0.1) is 0 Å². The summed E-state index contributed by atoms with van der Waals surface area (Å²) in [6.07, 6.45) is 4.90. The Kier molecular flexibility index (Phi) is 8.31. The Morgan fingerprint density at radius 3 is 2.52 bits per heavy atom. The number of rotatable bonds is 4. The third-order valence-corrected chi connectivity index (χ3v) is 4.40. The summed E-state index contributed by atoms with van der Waals surface area (Å²) in [5.74, 6) is 0. The van der Waals surface area contributed by atoms with E-state index in [0.29, 0.717) is 0 Å². The average Bonchev–Trinajstić information content (AvgIpc) is 3.08. The highest BCUT2D eigenvalue weighted by Gasteiger charge is 2.25. The Hall–Kier alpha value is -0.0400. The number of hydrogen-bond donors (Lipinski definition) is 1. The Morgan fingerprint density at radius 1 is 1.19 bits per heavy atom. The third-order valence-electron chi connectivity index (χ3n) is 4.20. The highest BCUT2D eigenvalue weighted by molar-refractivity contribution is 6.30. The van der Waals surface area contributed by atoms with Gasteiger partial charge in [-0.15, -0.1) is 24.8 Å². The molecule has 8 heteroatoms. The van der Waals surface area contributed by atoms with E-state index in [1.54, 1.807) is 6.20 Å². The van der Waals surface area contributed by atoms with Crippen LogP contribution in [0.3, 0.4) is 0 Å². The number of piperazine rings is 1. The monoisotopic (exact) mass is 355 g/mol. The molecule has 0 aromatic carbocycles. The van der Waals surface area contributed by atoms with Crippen molar-refractivity contribution in [2.24, 2.45) is 0 Å². The van der Waals surface area contributed by atoms with Crippen molar-refractivity contribution in [1.82, 2.24) is 24.9 Å². The molecule has 2 fully saturated rings. The summed E-state index contributed by atoms with van der Waals surface area (Å²) in [7, 11) is 0. The van der Waals surface area contributed by atoms with E-state index in [4.69, 9.17) is 11.6 Å². The van der Waals surface area contributed by atoms with Crippen LogP contribution >= 0.6 is 36.4 Å². The molecular weight excluding hydrogens is 333 g/mol. The lowest BCUT2D eigenvalue weighted by Crippen LogP contribution is -2.51. The SMILES string of the molecule is Cl.Cl.Clc1cnn(CCN2CCN(C3CCNC3)CC2)c1. The molecule has 0 aliphatic carbocycles. The summed E-state index contributed by atoms with van der Waals surface area (Å²) in [6, 6.07) is 0.770. The van der Waals surface area contributed by atoms with Crippen LogP contribution in [0.15, 0.2) is 12.4 Å². The zero-order valence-electron chi connectivity index (χ0n) is 12.1. The van der Waals surface area contributed by atoms with Gasteiger partial charge in [0.2, 0.25) is 0 Å². The lowest BCUT2D eigenvalue weighted by Gasteiger charge is -2.37. The molecule has 0 amide bonds. The maximum Gasteiger partial charge on any atom is 0.0785 e. The van der Waals surface area contributed by atoms with E-state index in [1.807, 2.05) is 10.9 Å². The summed E-state index contributed by atoms with van der Waals surface area (Å²) >= 11 is 5.86. The fourth-order valence-electron chi connectivity index (χ4n) is 3.01. The molecule has 3 rings (SSSR count). The van der Waals surface area contributed by atoms with Gasteiger partial charge >= 0.3 is 0 Å². The topological polar surface area (TPSA) is 36.3 Å². The van der Waals surface area contributed by atoms with Crippen LogP contribution in [0.2, 0.25) is 5.02 Å². The first-order valence-electron chi connectivity index (χ1n) is 7.16. The van der Waals surface area contributed by atoms with Crippen LogP contribution in [-0.4, -0.2) is 71.4 Å². The van der Waals surface area contributed by atoms with E-state index < -0.39 is 0 Å². The van der Waals surface area contributed by atoms with E-state index in [-0.39, 0.29) is 24.8 Å². The summed E-state index contributed by atoms with van der Waals surface area (Å²) in [5, 5.41) is 8.39. The van der Waals surface area contributed by atoms with Crippen molar-refractivity contribution in [3.63, 3.8) is 0 Å². The summed E-state index contributed by atoms with van der Waals surface area (Å²) < 4.78 is 1.93. The maximum absolute atomic E-state index is 5.86. The second kappa shape index (κ2) is 9.18. The second-order valence-electron chi connectivity index (χ2n) is 5.45. The lowest BCUT2D eigenvalue weighted by atomic mass is 10.2. The van der Waals surface area contributed by atoms with Crippen molar-refractivity contribution in [2.75, 3.05) is 45.8 Å². The first kappa shape index (κ1) is 19.0. The minimum Gasteiger partial charge on any atom is -0.315 e. The van der Waals surface area contributed by atoms with Gasteiger partial charge in [0.05, 0.1) is 17.8 Å². The van der Waals surface area contributed by atoms with Crippen LogP contribution in [0.1, 0.15) is 6.42 Å². The molecule has 1 atom stereocenters. The smallest absolute Gasteiger partial charge is 0.0785 e. The molecule has 1 N–H and O–H groups in total. The summed E-state index contributed by atoms with van der Waals surface area (Å²) in [5.41, 5.74) is 0. The fourth-order valence-corrected chi connectivity index (χ4v) is 3.16. The van der Waals surface area contributed by atoms with Gasteiger partial charge in [0, 0.05) is 51.5 Å². The van der Waals surface area contributed by atoms with Crippen molar-refractivity contribution in [1.29, 1.82) is 0 Å². The van der Waals surface area contributed by atoms with Gasteiger partial charge in [-0.3, -0.25) is 14.5 Å². The van der Waals surface area contributed by atoms with Gasteiger partial charge in [-0.25, -0.2) is 0 Å². The highest BCUT2D eigenvalue weighted by Crippen LogP contribution is 2.12. The van der Waals surface area contributed by atoms with Crippen LogP contribution in [0.4, 0.5) is 0 Å². The number of nitrogens with one attached hydrogen (secondary N) is 1. The molecule has 0 bridgehead atoms. The van der Waals surface area contributed by atoms with E-state index in [2.05, 4.69) is 20.2 Å². The van der Waals surface area contributed by atoms with E-state index in [1.165, 1.54) is 45.7 Å². The largest absolute Gasteiger partial charge is 0.315 e. The van der Waals surface area contributed by atoms with Gasteiger partial charge in [-0.1, -0.05) is 11.6 Å². The standard InChI is InChI=1S/C13H22ClN5.2ClH/c14-12-9-16-19(11-12)8-5-17-3-6-18(7-4-17)13-1-2-15-10-13;;/h9,11,13,15H,1-8,10H2;2*1H. The Morgan fingerprint density at radius 2 is 1.95 bits per heavy atom. The first-order chi connectivity index (χ1) is 9.31. The maximum atomic E-state index is 5.86. The molecule has 21 heavy (non-hydrogen) atoms. The quantitative estimate of drug-likeness (QED) is 0.884. The van der Waals surface area contributed by atoms with E-state index >= 15 is 0 Å². The van der Waals surface area contributed by atoms with Crippen LogP contribution in [-0.2, 0) is 6.54 Å². The van der Waals surface area contributed by atoms with Gasteiger partial charge in [-0.05, 0) is 13.0 Å². The van der Waals surface area contributed by atoms with Gasteiger partial charge in [0.1, 0.15) is 0 Å². The Labute approximate surface area is 143 Å². The van der Waals surface area contributed by atoms with Crippen molar-refractivity contribution in [2.45, 2.75) is 19.0 Å². The first-order valence-corrected chi connectivity index (χ1v) is 7.54. The number of aromatic nitrogens is 2. The van der Waals surface area contributed by atoms with Crippen molar-refractivity contribution in [3.05, 3.63) is 17.4 Å². The molecule has 1 unspecified atom stereocenters. The van der Waals surface area contributed by atoms with Gasteiger partial charge < -0.3 is 5.32 Å². The normalized spacial score (nSPS) is 23.6. The van der Waals surface area contributed by atoms with Crippen molar-refractivity contribution in [3.8, 4) is 0 Å². The molecule has 0 radical (unpaired) electrons. The molecular formula is C13H24Cl3N5. The summed E-state index contributed by atoms with van der Waals surface area (Å²) in [6.45, 7) is 9.10. The molecule has 1 aromatic heterocycles. The average molecular weight is 357 g/mol. The second-order valence-corrected chi connectivity index (χ2v) is 5.88. The Bertz CT molecular complexity index is 400. The molecule has 0 spiro atoms. The van der Waals surface area contributed by atoms with Crippen molar-refractivity contribution < 1.29 is 0 Å². The molecule has 2 saturated heterocycles. The molecule has 0 saturated carbocycles. The molecule has 3 heterocycles. The fraction of sp³-hybridized carbons (Fsp3) is 0.769. The zero-order chi connectivity index (χ0) is 13.1. The predicted octanol–water partition coefficient (Wildman–Crippen LogP) is 1.36. The van der Waals surface area contributed by atoms with E-state index in [0.717, 1.165) is 24.2 Å².